The van der Waals surface area contributed by atoms with Gasteiger partial charge in [0, 0.05) is 37.8 Å². The van der Waals surface area contributed by atoms with Crippen LogP contribution in [0.4, 0.5) is 0 Å². The van der Waals surface area contributed by atoms with E-state index in [0.29, 0.717) is 6.04 Å². The maximum atomic E-state index is 6.00. The molecule has 2 fully saturated rings. The summed E-state index contributed by atoms with van der Waals surface area (Å²) in [5.41, 5.74) is 1.63. The molecule has 4 heteroatoms. The molecule has 0 N–H and O–H groups in total. The highest BCUT2D eigenvalue weighted by molar-refractivity contribution is 5.33. The van der Waals surface area contributed by atoms with Crippen LogP contribution in [0.5, 0.6) is 5.75 Å². The van der Waals surface area contributed by atoms with Crippen LogP contribution < -0.4 is 4.74 Å². The van der Waals surface area contributed by atoms with E-state index in [-0.39, 0.29) is 5.41 Å². The van der Waals surface area contributed by atoms with Crippen LogP contribution in [-0.2, 0) is 10.2 Å². The molecule has 27 heavy (non-hydrogen) atoms. The van der Waals surface area contributed by atoms with Gasteiger partial charge in [-0.05, 0) is 83.8 Å². The lowest BCUT2D eigenvalue weighted by Crippen LogP contribution is -2.45. The zero-order valence-electron chi connectivity index (χ0n) is 17.6. The fourth-order valence-corrected chi connectivity index (χ4v) is 4.35. The Hall–Kier alpha value is -1.10. The SMILES string of the molecule is CC(C)N(C)CC1(c2ccc(OCCCN3CCCC3)cc2)CCOCC1. The summed E-state index contributed by atoms with van der Waals surface area (Å²) >= 11 is 0. The smallest absolute Gasteiger partial charge is 0.119 e. The van der Waals surface area contributed by atoms with Gasteiger partial charge in [-0.3, -0.25) is 0 Å². The summed E-state index contributed by atoms with van der Waals surface area (Å²) in [7, 11) is 2.24. The van der Waals surface area contributed by atoms with Gasteiger partial charge in [0.15, 0.2) is 0 Å². The molecule has 152 valence electrons. The molecule has 0 saturated carbocycles. The lowest BCUT2D eigenvalue weighted by atomic mass is 9.73. The molecule has 0 radical (unpaired) electrons. The van der Waals surface area contributed by atoms with E-state index in [9.17, 15) is 0 Å². The van der Waals surface area contributed by atoms with Crippen LogP contribution in [0.25, 0.3) is 0 Å². The van der Waals surface area contributed by atoms with E-state index in [0.717, 1.165) is 51.4 Å². The van der Waals surface area contributed by atoms with E-state index in [1.165, 1.54) is 38.0 Å². The lowest BCUT2D eigenvalue weighted by Gasteiger charge is -2.41. The Balaban J connectivity index is 1.56. The maximum absolute atomic E-state index is 6.00. The van der Waals surface area contributed by atoms with Gasteiger partial charge in [0.2, 0.25) is 0 Å². The van der Waals surface area contributed by atoms with Crippen molar-refractivity contribution >= 4 is 0 Å². The average molecular weight is 375 g/mol. The number of likely N-dealkylation sites (N-methyl/N-ethyl adjacent to an activating group) is 1. The van der Waals surface area contributed by atoms with Crippen LogP contribution in [0.15, 0.2) is 24.3 Å². The molecule has 3 rings (SSSR count). The number of ether oxygens (including phenoxy) is 2. The van der Waals surface area contributed by atoms with Crippen LogP contribution in [0.1, 0.15) is 51.5 Å². The third-order valence-electron chi connectivity index (χ3n) is 6.44. The summed E-state index contributed by atoms with van der Waals surface area (Å²) in [5.74, 6) is 1.000. The van der Waals surface area contributed by atoms with Gasteiger partial charge in [0.25, 0.3) is 0 Å². The Morgan fingerprint density at radius 3 is 2.41 bits per heavy atom. The first kappa shape index (κ1) is 20.6. The predicted octanol–water partition coefficient (Wildman–Crippen LogP) is 3.94. The van der Waals surface area contributed by atoms with E-state index >= 15 is 0 Å². The number of hydrogen-bond acceptors (Lipinski definition) is 4. The zero-order valence-corrected chi connectivity index (χ0v) is 17.6. The molecule has 0 aromatic heterocycles. The Labute approximate surface area is 165 Å². The van der Waals surface area contributed by atoms with Crippen molar-refractivity contribution in [3.8, 4) is 5.75 Å². The average Bonchev–Trinajstić information content (AvgIpc) is 3.20. The molecule has 2 heterocycles. The zero-order chi connectivity index (χ0) is 19.1. The van der Waals surface area contributed by atoms with E-state index in [1.807, 2.05) is 0 Å². The molecule has 2 aliphatic heterocycles. The number of likely N-dealkylation sites (tertiary alicyclic amines) is 1. The molecule has 1 aromatic rings. The highest BCUT2D eigenvalue weighted by Crippen LogP contribution is 2.36. The Kier molecular flexibility index (Phi) is 7.57. The number of rotatable bonds is 9. The molecule has 0 amide bonds. The second-order valence-electron chi connectivity index (χ2n) is 8.68. The summed E-state index contributed by atoms with van der Waals surface area (Å²) in [6.07, 6.45) is 6.03. The van der Waals surface area contributed by atoms with Gasteiger partial charge >= 0.3 is 0 Å². The predicted molar refractivity (Wildman–Crippen MR) is 112 cm³/mol. The van der Waals surface area contributed by atoms with E-state index < -0.39 is 0 Å². The Morgan fingerprint density at radius 2 is 1.78 bits per heavy atom. The van der Waals surface area contributed by atoms with Gasteiger partial charge in [-0.25, -0.2) is 0 Å². The number of nitrogens with zero attached hydrogens (tertiary/aromatic N) is 2. The molecular formula is C23H38N2O2. The van der Waals surface area contributed by atoms with Gasteiger partial charge in [0.05, 0.1) is 6.61 Å². The summed E-state index contributed by atoms with van der Waals surface area (Å²) in [6, 6.07) is 9.46. The molecule has 0 atom stereocenters. The second-order valence-corrected chi connectivity index (χ2v) is 8.68. The van der Waals surface area contributed by atoms with Crippen LogP contribution in [0.3, 0.4) is 0 Å². The maximum Gasteiger partial charge on any atom is 0.119 e. The van der Waals surface area contributed by atoms with Crippen molar-refractivity contribution < 1.29 is 9.47 Å². The van der Waals surface area contributed by atoms with E-state index in [1.54, 1.807) is 0 Å². The molecule has 2 saturated heterocycles. The standard InChI is InChI=1S/C23H38N2O2/c1-20(2)24(3)19-23(11-17-26-18-12-23)21-7-9-22(10-8-21)27-16-6-15-25-13-4-5-14-25/h7-10,20H,4-6,11-19H2,1-3H3. The molecule has 0 unspecified atom stereocenters. The topological polar surface area (TPSA) is 24.9 Å². The number of benzene rings is 1. The fourth-order valence-electron chi connectivity index (χ4n) is 4.35. The molecule has 0 spiro atoms. The molecule has 2 aliphatic rings. The van der Waals surface area contributed by atoms with Crippen molar-refractivity contribution in [2.24, 2.45) is 0 Å². The second kappa shape index (κ2) is 9.90. The summed E-state index contributed by atoms with van der Waals surface area (Å²) in [5, 5.41) is 0. The van der Waals surface area contributed by atoms with Gasteiger partial charge in [0.1, 0.15) is 5.75 Å². The summed E-state index contributed by atoms with van der Waals surface area (Å²) in [6.45, 7) is 11.9. The molecule has 0 bridgehead atoms. The minimum atomic E-state index is 0.200. The quantitative estimate of drug-likeness (QED) is 0.611. The first-order valence-electron chi connectivity index (χ1n) is 10.8. The molecule has 1 aromatic carbocycles. The minimum absolute atomic E-state index is 0.200. The van der Waals surface area contributed by atoms with Crippen molar-refractivity contribution in [2.45, 2.75) is 57.4 Å². The van der Waals surface area contributed by atoms with Crippen LogP contribution in [0, 0.1) is 0 Å². The normalized spacial score (nSPS) is 20.5. The van der Waals surface area contributed by atoms with Crippen molar-refractivity contribution in [3.05, 3.63) is 29.8 Å². The first-order valence-corrected chi connectivity index (χ1v) is 10.8. The molecule has 0 aliphatic carbocycles. The highest BCUT2D eigenvalue weighted by Gasteiger charge is 2.35. The van der Waals surface area contributed by atoms with Crippen molar-refractivity contribution in [1.82, 2.24) is 9.80 Å². The lowest BCUT2D eigenvalue weighted by molar-refractivity contribution is 0.0336. The Bertz CT molecular complexity index is 546. The van der Waals surface area contributed by atoms with E-state index in [2.05, 4.69) is 55.0 Å². The van der Waals surface area contributed by atoms with Crippen LogP contribution in [-0.4, -0.2) is 68.9 Å². The van der Waals surface area contributed by atoms with Crippen molar-refractivity contribution in [1.29, 1.82) is 0 Å². The van der Waals surface area contributed by atoms with Gasteiger partial charge in [-0.15, -0.1) is 0 Å². The minimum Gasteiger partial charge on any atom is -0.494 e. The summed E-state index contributed by atoms with van der Waals surface area (Å²) in [4.78, 5) is 5.01. The largest absolute Gasteiger partial charge is 0.494 e. The monoisotopic (exact) mass is 374 g/mol. The third kappa shape index (κ3) is 5.69. The van der Waals surface area contributed by atoms with Crippen molar-refractivity contribution in [2.75, 3.05) is 53.0 Å². The Morgan fingerprint density at radius 1 is 1.11 bits per heavy atom. The first-order chi connectivity index (χ1) is 13.1. The van der Waals surface area contributed by atoms with Crippen molar-refractivity contribution in [3.63, 3.8) is 0 Å². The number of hydrogen-bond donors (Lipinski definition) is 0. The van der Waals surface area contributed by atoms with Crippen LogP contribution in [0.2, 0.25) is 0 Å². The van der Waals surface area contributed by atoms with Crippen LogP contribution >= 0.6 is 0 Å². The van der Waals surface area contributed by atoms with Gasteiger partial charge < -0.3 is 19.3 Å². The van der Waals surface area contributed by atoms with Gasteiger partial charge in [-0.2, -0.15) is 0 Å². The molecular weight excluding hydrogens is 336 g/mol. The molecule has 4 nitrogen and oxygen atoms in total. The fraction of sp³-hybridized carbons (Fsp3) is 0.739. The third-order valence-corrected chi connectivity index (χ3v) is 6.44. The highest BCUT2D eigenvalue weighted by atomic mass is 16.5. The van der Waals surface area contributed by atoms with E-state index in [4.69, 9.17) is 9.47 Å². The van der Waals surface area contributed by atoms with Gasteiger partial charge in [-0.1, -0.05) is 12.1 Å². The summed E-state index contributed by atoms with van der Waals surface area (Å²) < 4.78 is 11.7.